The van der Waals surface area contributed by atoms with Gasteiger partial charge in [0.2, 0.25) is 5.36 Å². The van der Waals surface area contributed by atoms with Crippen LogP contribution < -0.4 is 16.5 Å². The first-order chi connectivity index (χ1) is 19.8. The first-order valence-electron chi connectivity index (χ1n) is 12.0. The van der Waals surface area contributed by atoms with Gasteiger partial charge in [-0.2, -0.15) is 16.8 Å². The number of unbranched alkanes of at least 4 members (excludes halogenated alkanes) is 1. The Morgan fingerprint density at radius 2 is 1.44 bits per heavy atom. The second-order valence-corrected chi connectivity index (χ2v) is 14.3. The highest BCUT2D eigenvalue weighted by Crippen LogP contribution is 2.45. The molecule has 0 spiro atoms. The van der Waals surface area contributed by atoms with Crippen molar-refractivity contribution < 1.29 is 64.0 Å². The van der Waals surface area contributed by atoms with Crippen molar-refractivity contribution in [1.82, 2.24) is 0 Å². The average molecular weight is 656 g/mol. The number of hydrogen-bond acceptors (Lipinski definition) is 10. The molecule has 4 rings (SSSR count). The van der Waals surface area contributed by atoms with Crippen LogP contribution in [0.5, 0.6) is 0 Å². The number of anilines is 1. The fraction of sp³-hybridized carbons (Fsp3) is 0.160. The zero-order chi connectivity index (χ0) is 32.1. The molecule has 2 aliphatic rings. The van der Waals surface area contributed by atoms with E-state index >= 15 is 0 Å². The van der Waals surface area contributed by atoms with E-state index in [9.17, 15) is 49.6 Å². The molecule has 0 unspecified atom stereocenters. The molecule has 8 N–H and O–H groups in total. The first kappa shape index (κ1) is 31.6. The minimum atomic E-state index is -5.14. The van der Waals surface area contributed by atoms with Crippen molar-refractivity contribution in [3.8, 4) is 22.5 Å². The molecule has 0 atom stereocenters. The Bertz CT molecular complexity index is 2190. The molecule has 18 heteroatoms. The van der Waals surface area contributed by atoms with E-state index in [-0.39, 0.29) is 40.3 Å². The van der Waals surface area contributed by atoms with E-state index in [0.29, 0.717) is 0 Å². The summed E-state index contributed by atoms with van der Waals surface area (Å²) in [6.07, 6.45) is -0.489. The van der Waals surface area contributed by atoms with Gasteiger partial charge in [0.15, 0.2) is 31.0 Å². The van der Waals surface area contributed by atoms with Crippen LogP contribution in [0.4, 0.5) is 5.69 Å². The Hall–Kier alpha value is -4.36. The Labute approximate surface area is 243 Å². The molecule has 43 heavy (non-hydrogen) atoms. The van der Waals surface area contributed by atoms with Crippen LogP contribution in [-0.4, -0.2) is 68.0 Å². The standard InChI is InChI=1S/C25H22N2O13S3/c26-17-7-5-14-19(13-4-3-12(24(28)29)11-16(13)25(30)31)15-6-8-18(27)23(43(37,38)39)21(15)40-20(14)22(17)41(32,33)9-1-2-10-42(34,35)36/h3-8,11,26H,1-2,9-10,27H2,(H,28,29)(H,30,31)(H,34,35,36)(H,37,38,39)/p+1. The van der Waals surface area contributed by atoms with Gasteiger partial charge in [0.25, 0.3) is 20.2 Å². The normalized spacial score (nSPS) is 12.5. The van der Waals surface area contributed by atoms with Gasteiger partial charge >= 0.3 is 11.9 Å². The highest BCUT2D eigenvalue weighted by atomic mass is 32.2. The number of carboxylic acid groups (broad SMARTS) is 2. The van der Waals surface area contributed by atoms with E-state index in [4.69, 9.17) is 20.1 Å². The van der Waals surface area contributed by atoms with Crippen LogP contribution in [-0.2, 0) is 30.1 Å². The lowest BCUT2D eigenvalue weighted by molar-refractivity contribution is -0.176. The summed E-state index contributed by atoms with van der Waals surface area (Å²) in [5.74, 6) is -4.97. The maximum Gasteiger partial charge on any atom is 0.336 e. The number of hydrogen-bond donors (Lipinski definition) is 6. The van der Waals surface area contributed by atoms with Crippen LogP contribution in [0.3, 0.4) is 0 Å². The van der Waals surface area contributed by atoms with Gasteiger partial charge in [0.1, 0.15) is 0 Å². The van der Waals surface area contributed by atoms with E-state index in [1.54, 1.807) is 0 Å². The summed E-state index contributed by atoms with van der Waals surface area (Å²) in [6, 6.07) is 7.85. The van der Waals surface area contributed by atoms with E-state index in [1.807, 2.05) is 0 Å². The van der Waals surface area contributed by atoms with E-state index < -0.39 is 91.5 Å². The van der Waals surface area contributed by atoms with Crippen molar-refractivity contribution in [2.24, 2.45) is 0 Å². The second kappa shape index (κ2) is 11.0. The molecule has 1 aliphatic heterocycles. The van der Waals surface area contributed by atoms with Crippen molar-refractivity contribution >= 4 is 58.7 Å². The van der Waals surface area contributed by atoms with Gasteiger partial charge in [-0.05, 0) is 48.7 Å². The Morgan fingerprint density at radius 1 is 0.814 bits per heavy atom. The summed E-state index contributed by atoms with van der Waals surface area (Å²) >= 11 is 0. The zero-order valence-corrected chi connectivity index (χ0v) is 24.2. The number of aromatic carboxylic acids is 2. The van der Waals surface area contributed by atoms with Gasteiger partial charge in [-0.25, -0.2) is 18.0 Å². The van der Waals surface area contributed by atoms with E-state index in [0.717, 1.165) is 24.3 Å². The molecule has 0 fully saturated rings. The third-order valence-corrected chi connectivity index (χ3v) is 10.0. The minimum Gasteiger partial charge on any atom is -0.478 e. The molecular weight excluding hydrogens is 632 g/mol. The molecular formula is C25H23N2O13S3+. The first-order valence-corrected chi connectivity index (χ1v) is 16.7. The summed E-state index contributed by atoms with van der Waals surface area (Å²) in [4.78, 5) is 22.2. The molecule has 228 valence electrons. The van der Waals surface area contributed by atoms with Crippen molar-refractivity contribution in [3.05, 3.63) is 58.9 Å². The number of rotatable bonds is 10. The van der Waals surface area contributed by atoms with Crippen LogP contribution in [0.2, 0.25) is 0 Å². The number of nitrogen functional groups attached to an aromatic ring is 1. The molecule has 2 aromatic rings. The number of carbonyl (C=O) groups is 2. The van der Waals surface area contributed by atoms with Crippen LogP contribution >= 0.6 is 0 Å². The van der Waals surface area contributed by atoms with Crippen LogP contribution in [0.15, 0.2) is 56.7 Å². The summed E-state index contributed by atoms with van der Waals surface area (Å²) < 4.78 is 98.7. The lowest BCUT2D eigenvalue weighted by Gasteiger charge is -2.20. The van der Waals surface area contributed by atoms with Gasteiger partial charge in [-0.1, -0.05) is 6.07 Å². The summed E-state index contributed by atoms with van der Waals surface area (Å²) in [5, 5.41) is 24.9. The molecule has 0 saturated heterocycles. The maximum absolute atomic E-state index is 13.5. The summed E-state index contributed by atoms with van der Waals surface area (Å²) in [6.45, 7) is 0. The van der Waals surface area contributed by atoms with Crippen molar-refractivity contribution in [2.45, 2.75) is 22.6 Å². The topological polar surface area (TPSA) is 282 Å². The Morgan fingerprint density at radius 3 is 2.02 bits per heavy atom. The number of sulfone groups is 1. The largest absolute Gasteiger partial charge is 0.478 e. The number of nitrogens with two attached hydrogens (primary N) is 2. The highest BCUT2D eigenvalue weighted by Gasteiger charge is 2.33. The molecule has 1 aliphatic carbocycles. The van der Waals surface area contributed by atoms with Crippen molar-refractivity contribution in [3.63, 3.8) is 0 Å². The van der Waals surface area contributed by atoms with Gasteiger partial charge < -0.3 is 20.4 Å². The average Bonchev–Trinajstić information content (AvgIpc) is 2.87. The van der Waals surface area contributed by atoms with Crippen LogP contribution in [0.1, 0.15) is 33.6 Å². The van der Waals surface area contributed by atoms with Gasteiger partial charge in [-0.3, -0.25) is 14.5 Å². The van der Waals surface area contributed by atoms with Crippen LogP contribution in [0.25, 0.3) is 33.4 Å². The third-order valence-electron chi connectivity index (χ3n) is 6.43. The minimum absolute atomic E-state index is 0.0881. The summed E-state index contributed by atoms with van der Waals surface area (Å²) in [5.41, 5.74) is 3.37. The molecule has 0 amide bonds. The molecule has 2 aromatic carbocycles. The van der Waals surface area contributed by atoms with Gasteiger partial charge in [-0.15, -0.1) is 0 Å². The molecule has 0 saturated carbocycles. The molecule has 0 radical (unpaired) electrons. The lowest BCUT2D eigenvalue weighted by Crippen LogP contribution is -2.48. The fourth-order valence-corrected chi connectivity index (χ4v) is 7.60. The molecule has 0 bridgehead atoms. The summed E-state index contributed by atoms with van der Waals surface area (Å²) in [7, 11) is -13.9. The Kier molecular flexibility index (Phi) is 8.11. The number of fused-ring (bicyclic) bond motifs is 2. The monoisotopic (exact) mass is 655 g/mol. The smallest absolute Gasteiger partial charge is 0.336 e. The predicted molar refractivity (Wildman–Crippen MR) is 149 cm³/mol. The lowest BCUT2D eigenvalue weighted by atomic mass is 9.89. The van der Waals surface area contributed by atoms with E-state index in [1.165, 1.54) is 18.2 Å². The second-order valence-electron chi connectivity index (χ2n) is 9.36. The number of benzene rings is 3. The van der Waals surface area contributed by atoms with E-state index in [2.05, 4.69) is 0 Å². The van der Waals surface area contributed by atoms with Crippen LogP contribution in [0, 0.1) is 0 Å². The maximum atomic E-state index is 13.5. The SMILES string of the molecule is Nc1ccc2c(-c3ccc(C(=O)O)cc3C(=O)O)c3ccc(=[NH2+])c(S(=O)(=O)CCCCS(=O)(=O)O)c-3oc2c1S(=O)(=O)O. The van der Waals surface area contributed by atoms with Gasteiger partial charge in [0.05, 0.1) is 28.3 Å². The predicted octanol–water partition coefficient (Wildman–Crippen LogP) is 0.531. The molecule has 15 nitrogen and oxygen atoms in total. The van der Waals surface area contributed by atoms with Crippen molar-refractivity contribution in [1.29, 1.82) is 0 Å². The van der Waals surface area contributed by atoms with Gasteiger partial charge in [0, 0.05) is 22.6 Å². The highest BCUT2D eigenvalue weighted by molar-refractivity contribution is 7.91. The zero-order valence-electron chi connectivity index (χ0n) is 21.7. The quantitative estimate of drug-likeness (QED) is 0.0588. The van der Waals surface area contributed by atoms with Crippen molar-refractivity contribution in [2.75, 3.05) is 17.2 Å². The molecule has 1 heterocycles. The number of carboxylic acids is 2. The third kappa shape index (κ3) is 6.22. The molecule has 0 aromatic heterocycles. The Balaban J connectivity index is 2.16. The fourth-order valence-electron chi connectivity index (χ4n) is 4.63.